The van der Waals surface area contributed by atoms with Crippen LogP contribution < -0.4 is 10.3 Å². The van der Waals surface area contributed by atoms with Crippen molar-refractivity contribution >= 4 is 5.91 Å². The number of rotatable bonds is 2. The predicted molar refractivity (Wildman–Crippen MR) is 81.4 cm³/mol. The summed E-state index contributed by atoms with van der Waals surface area (Å²) in [5.74, 6) is 0.943. The maximum absolute atomic E-state index is 12.7. The van der Waals surface area contributed by atoms with Gasteiger partial charge in [-0.3, -0.25) is 14.7 Å². The van der Waals surface area contributed by atoms with E-state index in [1.165, 1.54) is 0 Å². The predicted octanol–water partition coefficient (Wildman–Crippen LogP) is 1.20. The van der Waals surface area contributed by atoms with Gasteiger partial charge in [-0.1, -0.05) is 0 Å². The molecule has 4 rings (SSSR count). The molecule has 0 aliphatic carbocycles. The van der Waals surface area contributed by atoms with Crippen LogP contribution in [-0.4, -0.2) is 40.9 Å². The molecule has 0 bridgehead atoms. The Morgan fingerprint density at radius 3 is 3.00 bits per heavy atom. The lowest BCUT2D eigenvalue weighted by Crippen LogP contribution is -2.28. The number of carbonyl (C=O) groups excluding carboxylic acids is 1. The number of benzene rings is 1. The number of likely N-dealkylation sites (tertiary alicyclic amines) is 1. The van der Waals surface area contributed by atoms with Crippen LogP contribution in [0.1, 0.15) is 34.0 Å². The molecule has 2 aliphatic rings. The number of ether oxygens (including phenoxy) is 2. The van der Waals surface area contributed by atoms with E-state index in [-0.39, 0.29) is 24.2 Å². The van der Waals surface area contributed by atoms with Gasteiger partial charge in [0.2, 0.25) is 0 Å². The summed E-state index contributed by atoms with van der Waals surface area (Å²) in [6, 6.07) is 7.01. The van der Waals surface area contributed by atoms with E-state index in [2.05, 4.69) is 10.2 Å². The summed E-state index contributed by atoms with van der Waals surface area (Å²) in [6.45, 7) is 2.00. The van der Waals surface area contributed by atoms with E-state index in [1.807, 2.05) is 17.0 Å². The maximum Gasteiger partial charge on any atom is 0.264 e. The van der Waals surface area contributed by atoms with Crippen LogP contribution in [0.2, 0.25) is 0 Å². The first-order valence-electron chi connectivity index (χ1n) is 7.61. The van der Waals surface area contributed by atoms with Crippen molar-refractivity contribution in [1.82, 2.24) is 15.1 Å². The van der Waals surface area contributed by atoms with Crippen LogP contribution in [-0.2, 0) is 11.3 Å². The molecule has 1 aromatic heterocycles. The fraction of sp³-hybridized carbons (Fsp3) is 0.375. The molecule has 120 valence electrons. The fourth-order valence-corrected chi connectivity index (χ4v) is 3.17. The first-order valence-corrected chi connectivity index (χ1v) is 7.61. The normalized spacial score (nSPS) is 20.2. The number of aromatic nitrogens is 2. The number of H-pyrrole nitrogens is 2. The van der Waals surface area contributed by atoms with E-state index < -0.39 is 0 Å². The lowest BCUT2D eigenvalue weighted by Gasteiger charge is -2.20. The van der Waals surface area contributed by atoms with Crippen molar-refractivity contribution in [1.29, 1.82) is 0 Å². The minimum Gasteiger partial charge on any atom is -0.467 e. The largest absolute Gasteiger partial charge is 0.467 e. The molecule has 0 saturated carbocycles. The van der Waals surface area contributed by atoms with Crippen LogP contribution >= 0.6 is 0 Å². The van der Waals surface area contributed by atoms with Gasteiger partial charge in [0.1, 0.15) is 5.75 Å². The quantitative estimate of drug-likeness (QED) is 0.872. The summed E-state index contributed by atoms with van der Waals surface area (Å²) >= 11 is 0. The van der Waals surface area contributed by atoms with E-state index >= 15 is 0 Å². The van der Waals surface area contributed by atoms with Crippen LogP contribution in [0.15, 0.2) is 29.1 Å². The third-order valence-corrected chi connectivity index (χ3v) is 4.39. The average molecular weight is 315 g/mol. The molecule has 7 nitrogen and oxygen atoms in total. The van der Waals surface area contributed by atoms with Gasteiger partial charge in [-0.15, -0.1) is 0 Å². The Morgan fingerprint density at radius 2 is 2.17 bits per heavy atom. The SMILES string of the molecule is O=C(c1ccc2c(c1)COCO2)N1CCC(c2cc(=O)[nH][nH]2)C1. The summed E-state index contributed by atoms with van der Waals surface area (Å²) in [7, 11) is 0. The Hall–Kier alpha value is -2.54. The third kappa shape index (κ3) is 2.63. The van der Waals surface area contributed by atoms with E-state index in [4.69, 9.17) is 9.47 Å². The van der Waals surface area contributed by atoms with E-state index in [0.717, 1.165) is 23.4 Å². The molecule has 1 saturated heterocycles. The minimum atomic E-state index is -0.139. The summed E-state index contributed by atoms with van der Waals surface area (Å²) in [6.07, 6.45) is 0.844. The molecule has 0 spiro atoms. The number of aromatic amines is 2. The molecule has 23 heavy (non-hydrogen) atoms. The van der Waals surface area contributed by atoms with Gasteiger partial charge in [0.25, 0.3) is 11.5 Å². The monoisotopic (exact) mass is 315 g/mol. The highest BCUT2D eigenvalue weighted by Gasteiger charge is 2.29. The molecule has 2 aromatic rings. The zero-order valence-corrected chi connectivity index (χ0v) is 12.5. The molecule has 1 unspecified atom stereocenters. The number of hydrogen-bond donors (Lipinski definition) is 2. The molecule has 2 aliphatic heterocycles. The van der Waals surface area contributed by atoms with Crippen molar-refractivity contribution in [3.63, 3.8) is 0 Å². The second-order valence-electron chi connectivity index (χ2n) is 5.88. The van der Waals surface area contributed by atoms with Crippen molar-refractivity contribution in [3.05, 3.63) is 51.4 Å². The first-order chi connectivity index (χ1) is 11.2. The second-order valence-corrected chi connectivity index (χ2v) is 5.88. The number of carbonyl (C=O) groups is 1. The Morgan fingerprint density at radius 1 is 1.26 bits per heavy atom. The molecule has 3 heterocycles. The van der Waals surface area contributed by atoms with Crippen LogP contribution in [0.3, 0.4) is 0 Å². The van der Waals surface area contributed by atoms with Gasteiger partial charge >= 0.3 is 0 Å². The molecule has 1 fully saturated rings. The van der Waals surface area contributed by atoms with Crippen LogP contribution in [0.5, 0.6) is 5.75 Å². The average Bonchev–Trinajstić information content (AvgIpc) is 3.22. The zero-order valence-electron chi connectivity index (χ0n) is 12.5. The topological polar surface area (TPSA) is 87.4 Å². The number of fused-ring (bicyclic) bond motifs is 1. The number of nitrogens with one attached hydrogen (secondary N) is 2. The first kappa shape index (κ1) is 14.1. The summed E-state index contributed by atoms with van der Waals surface area (Å²) in [5, 5.41) is 5.42. The fourth-order valence-electron chi connectivity index (χ4n) is 3.17. The highest BCUT2D eigenvalue weighted by Crippen LogP contribution is 2.28. The van der Waals surface area contributed by atoms with Crippen molar-refractivity contribution in [2.45, 2.75) is 18.9 Å². The molecule has 1 aromatic carbocycles. The van der Waals surface area contributed by atoms with Gasteiger partial charge in [-0.25, -0.2) is 0 Å². The number of amides is 1. The van der Waals surface area contributed by atoms with E-state index in [0.29, 0.717) is 25.3 Å². The summed E-state index contributed by atoms with van der Waals surface area (Å²) in [4.78, 5) is 25.7. The smallest absolute Gasteiger partial charge is 0.264 e. The minimum absolute atomic E-state index is 0.00115. The van der Waals surface area contributed by atoms with Gasteiger partial charge in [-0.2, -0.15) is 0 Å². The molecule has 1 atom stereocenters. The van der Waals surface area contributed by atoms with Crippen molar-refractivity contribution < 1.29 is 14.3 Å². The zero-order chi connectivity index (χ0) is 15.8. The second kappa shape index (κ2) is 5.58. The van der Waals surface area contributed by atoms with Crippen molar-refractivity contribution in [2.75, 3.05) is 19.9 Å². The maximum atomic E-state index is 12.7. The molecule has 7 heteroatoms. The Labute approximate surface area is 132 Å². The van der Waals surface area contributed by atoms with Gasteiger partial charge in [0, 0.05) is 41.9 Å². The van der Waals surface area contributed by atoms with Gasteiger partial charge in [-0.05, 0) is 24.6 Å². The highest BCUT2D eigenvalue weighted by atomic mass is 16.7. The number of hydrogen-bond acceptors (Lipinski definition) is 4. The molecule has 2 N–H and O–H groups in total. The van der Waals surface area contributed by atoms with Gasteiger partial charge < -0.3 is 19.5 Å². The molecular weight excluding hydrogens is 298 g/mol. The standard InChI is InChI=1S/C16H17N3O4/c20-15-6-13(17-18-15)11-3-4-19(7-11)16(21)10-1-2-14-12(5-10)8-22-9-23-14/h1-2,5-6,11H,3-4,7-9H2,(H2,17,18,20). The van der Waals surface area contributed by atoms with E-state index in [9.17, 15) is 9.59 Å². The van der Waals surface area contributed by atoms with Crippen molar-refractivity contribution in [2.24, 2.45) is 0 Å². The lowest BCUT2D eigenvalue weighted by atomic mass is 10.1. The summed E-state index contributed by atoms with van der Waals surface area (Å²) in [5.41, 5.74) is 2.26. The van der Waals surface area contributed by atoms with Crippen LogP contribution in [0, 0.1) is 0 Å². The molecular formula is C16H17N3O4. The van der Waals surface area contributed by atoms with Crippen LogP contribution in [0.25, 0.3) is 0 Å². The Kier molecular flexibility index (Phi) is 3.42. The van der Waals surface area contributed by atoms with Gasteiger partial charge in [0.15, 0.2) is 6.79 Å². The highest BCUT2D eigenvalue weighted by molar-refractivity contribution is 5.94. The molecule has 0 radical (unpaired) electrons. The van der Waals surface area contributed by atoms with Crippen LogP contribution in [0.4, 0.5) is 0 Å². The third-order valence-electron chi connectivity index (χ3n) is 4.39. The Bertz CT molecular complexity index is 795. The summed E-state index contributed by atoms with van der Waals surface area (Å²) < 4.78 is 10.6. The van der Waals surface area contributed by atoms with Crippen molar-refractivity contribution in [3.8, 4) is 5.75 Å². The van der Waals surface area contributed by atoms with Gasteiger partial charge in [0.05, 0.1) is 6.61 Å². The lowest BCUT2D eigenvalue weighted by molar-refractivity contribution is -0.0164. The Balaban J connectivity index is 1.50. The number of nitrogens with zero attached hydrogens (tertiary/aromatic N) is 1. The molecule has 1 amide bonds. The van der Waals surface area contributed by atoms with E-state index in [1.54, 1.807) is 12.1 Å².